The van der Waals surface area contributed by atoms with E-state index in [-0.39, 0.29) is 5.92 Å². The van der Waals surface area contributed by atoms with Gasteiger partial charge in [-0.25, -0.2) is 0 Å². The van der Waals surface area contributed by atoms with Crippen molar-refractivity contribution in [2.45, 2.75) is 20.8 Å². The van der Waals surface area contributed by atoms with Gasteiger partial charge in [0.25, 0.3) is 0 Å². The summed E-state index contributed by atoms with van der Waals surface area (Å²) in [5.41, 5.74) is 2.29. The Bertz CT molecular complexity index is 352. The molecule has 0 fully saturated rings. The number of ether oxygens (including phenoxy) is 1. The van der Waals surface area contributed by atoms with Gasteiger partial charge in [-0.2, -0.15) is 5.26 Å². The van der Waals surface area contributed by atoms with Crippen LogP contribution in [0.5, 0.6) is 5.75 Å². The van der Waals surface area contributed by atoms with Crippen molar-refractivity contribution in [2.24, 2.45) is 5.92 Å². The van der Waals surface area contributed by atoms with Crippen LogP contribution in [-0.4, -0.2) is 6.61 Å². The van der Waals surface area contributed by atoms with Gasteiger partial charge in [-0.3, -0.25) is 0 Å². The molecule has 0 saturated heterocycles. The topological polar surface area (TPSA) is 33.0 Å². The lowest BCUT2D eigenvalue weighted by Gasteiger charge is -2.10. The predicted octanol–water partition coefficient (Wildman–Crippen LogP) is 2.84. The third-order valence-electron chi connectivity index (χ3n) is 2.05. The molecule has 1 aromatic carbocycles. The zero-order chi connectivity index (χ0) is 10.6. The van der Waals surface area contributed by atoms with Gasteiger partial charge in [-0.1, -0.05) is 12.1 Å². The average molecular weight is 189 g/mol. The lowest BCUT2D eigenvalue weighted by molar-refractivity contribution is 0.286. The minimum atomic E-state index is -0.0603. The number of hydrogen-bond acceptors (Lipinski definition) is 2. The zero-order valence-corrected chi connectivity index (χ0v) is 8.87. The van der Waals surface area contributed by atoms with Crippen molar-refractivity contribution in [3.05, 3.63) is 29.3 Å². The molecule has 0 N–H and O–H groups in total. The third kappa shape index (κ3) is 2.77. The smallest absolute Gasteiger partial charge is 0.122 e. The van der Waals surface area contributed by atoms with Crippen LogP contribution < -0.4 is 4.74 Å². The highest BCUT2D eigenvalue weighted by Gasteiger charge is 2.03. The Morgan fingerprint density at radius 1 is 1.43 bits per heavy atom. The Morgan fingerprint density at radius 2 is 2.14 bits per heavy atom. The number of nitrogens with zero attached hydrogens (tertiary/aromatic N) is 1. The lowest BCUT2D eigenvalue weighted by atomic mass is 10.1. The first-order valence-electron chi connectivity index (χ1n) is 4.73. The monoisotopic (exact) mass is 189 g/mol. The summed E-state index contributed by atoms with van der Waals surface area (Å²) in [5, 5.41) is 8.61. The maximum absolute atomic E-state index is 8.61. The SMILES string of the molecule is Cc1ccc(C)c(OCC(C)C#N)c1. The summed E-state index contributed by atoms with van der Waals surface area (Å²) in [6, 6.07) is 8.22. The fourth-order valence-corrected chi connectivity index (χ4v) is 1.11. The molecule has 1 aromatic rings. The van der Waals surface area contributed by atoms with Gasteiger partial charge < -0.3 is 4.74 Å². The van der Waals surface area contributed by atoms with E-state index >= 15 is 0 Å². The van der Waals surface area contributed by atoms with Crippen molar-refractivity contribution in [1.82, 2.24) is 0 Å². The Hall–Kier alpha value is -1.49. The van der Waals surface area contributed by atoms with Gasteiger partial charge in [0.2, 0.25) is 0 Å². The molecule has 0 aliphatic rings. The van der Waals surface area contributed by atoms with Crippen LogP contribution in [-0.2, 0) is 0 Å². The van der Waals surface area contributed by atoms with E-state index in [2.05, 4.69) is 12.1 Å². The third-order valence-corrected chi connectivity index (χ3v) is 2.05. The molecule has 0 spiro atoms. The first kappa shape index (κ1) is 10.6. The maximum Gasteiger partial charge on any atom is 0.122 e. The molecule has 1 unspecified atom stereocenters. The maximum atomic E-state index is 8.61. The Morgan fingerprint density at radius 3 is 2.79 bits per heavy atom. The summed E-state index contributed by atoms with van der Waals surface area (Å²) >= 11 is 0. The number of rotatable bonds is 3. The fraction of sp³-hybridized carbons (Fsp3) is 0.417. The van der Waals surface area contributed by atoms with E-state index in [1.165, 1.54) is 5.56 Å². The molecule has 0 amide bonds. The second kappa shape index (κ2) is 4.66. The molecule has 0 aliphatic carbocycles. The van der Waals surface area contributed by atoms with Crippen molar-refractivity contribution in [1.29, 1.82) is 5.26 Å². The largest absolute Gasteiger partial charge is 0.492 e. The molecule has 14 heavy (non-hydrogen) atoms. The molecule has 0 saturated carbocycles. The van der Waals surface area contributed by atoms with Crippen LogP contribution in [0.1, 0.15) is 18.1 Å². The van der Waals surface area contributed by atoms with Gasteiger partial charge in [-0.05, 0) is 38.0 Å². The summed E-state index contributed by atoms with van der Waals surface area (Å²) in [6.45, 7) is 6.34. The summed E-state index contributed by atoms with van der Waals surface area (Å²) < 4.78 is 5.55. The van der Waals surface area contributed by atoms with E-state index in [1.807, 2.05) is 32.9 Å². The molecule has 2 heteroatoms. The number of hydrogen-bond donors (Lipinski definition) is 0. The minimum absolute atomic E-state index is 0.0603. The van der Waals surface area contributed by atoms with Crippen LogP contribution in [0, 0.1) is 31.1 Å². The van der Waals surface area contributed by atoms with Crippen molar-refractivity contribution >= 4 is 0 Å². The number of benzene rings is 1. The van der Waals surface area contributed by atoms with Gasteiger partial charge in [0.1, 0.15) is 12.4 Å². The molecule has 0 aromatic heterocycles. The van der Waals surface area contributed by atoms with E-state index in [1.54, 1.807) is 0 Å². The highest BCUT2D eigenvalue weighted by atomic mass is 16.5. The summed E-state index contributed by atoms with van der Waals surface area (Å²) in [4.78, 5) is 0. The molecule has 2 nitrogen and oxygen atoms in total. The van der Waals surface area contributed by atoms with Crippen molar-refractivity contribution in [2.75, 3.05) is 6.61 Å². The highest BCUT2D eigenvalue weighted by Crippen LogP contribution is 2.19. The van der Waals surface area contributed by atoms with Crippen molar-refractivity contribution in [3.8, 4) is 11.8 Å². The van der Waals surface area contributed by atoms with E-state index in [0.717, 1.165) is 11.3 Å². The Balaban J connectivity index is 2.67. The van der Waals surface area contributed by atoms with Gasteiger partial charge in [0, 0.05) is 0 Å². The fourth-order valence-electron chi connectivity index (χ4n) is 1.11. The molecule has 1 rings (SSSR count). The molecule has 0 heterocycles. The van der Waals surface area contributed by atoms with Crippen molar-refractivity contribution < 1.29 is 4.74 Å². The highest BCUT2D eigenvalue weighted by molar-refractivity contribution is 5.35. The zero-order valence-electron chi connectivity index (χ0n) is 8.87. The standard InChI is InChI=1S/C12H15NO/c1-9-4-5-11(3)12(6-9)14-8-10(2)7-13/h4-6,10H,8H2,1-3H3. The molecule has 0 bridgehead atoms. The van der Waals surface area contributed by atoms with E-state index < -0.39 is 0 Å². The van der Waals surface area contributed by atoms with E-state index in [9.17, 15) is 0 Å². The second-order valence-electron chi connectivity index (χ2n) is 3.61. The molecule has 74 valence electrons. The molecule has 0 aliphatic heterocycles. The average Bonchev–Trinajstić information content (AvgIpc) is 2.19. The van der Waals surface area contributed by atoms with Crippen LogP contribution >= 0.6 is 0 Å². The van der Waals surface area contributed by atoms with E-state index in [4.69, 9.17) is 10.00 Å². The molecule has 1 atom stereocenters. The molecule has 0 radical (unpaired) electrons. The number of aryl methyl sites for hydroxylation is 2. The molecular weight excluding hydrogens is 174 g/mol. The normalized spacial score (nSPS) is 11.9. The lowest BCUT2D eigenvalue weighted by Crippen LogP contribution is -2.07. The van der Waals surface area contributed by atoms with Gasteiger partial charge in [0.15, 0.2) is 0 Å². The van der Waals surface area contributed by atoms with Gasteiger partial charge in [0.05, 0.1) is 12.0 Å². The summed E-state index contributed by atoms with van der Waals surface area (Å²) in [6.07, 6.45) is 0. The summed E-state index contributed by atoms with van der Waals surface area (Å²) in [5.74, 6) is 0.821. The van der Waals surface area contributed by atoms with Crippen LogP contribution in [0.4, 0.5) is 0 Å². The molecular formula is C12H15NO. The minimum Gasteiger partial charge on any atom is -0.492 e. The van der Waals surface area contributed by atoms with Gasteiger partial charge >= 0.3 is 0 Å². The predicted molar refractivity (Wildman–Crippen MR) is 56.2 cm³/mol. The first-order valence-corrected chi connectivity index (χ1v) is 4.73. The van der Waals surface area contributed by atoms with Crippen LogP contribution in [0.25, 0.3) is 0 Å². The quantitative estimate of drug-likeness (QED) is 0.732. The first-order chi connectivity index (χ1) is 6.63. The van der Waals surface area contributed by atoms with Crippen LogP contribution in [0.15, 0.2) is 18.2 Å². The van der Waals surface area contributed by atoms with Crippen LogP contribution in [0.3, 0.4) is 0 Å². The second-order valence-corrected chi connectivity index (χ2v) is 3.61. The van der Waals surface area contributed by atoms with Crippen molar-refractivity contribution in [3.63, 3.8) is 0 Å². The van der Waals surface area contributed by atoms with E-state index in [0.29, 0.717) is 6.61 Å². The Labute approximate surface area is 85.1 Å². The Kier molecular flexibility index (Phi) is 3.53. The summed E-state index contributed by atoms with van der Waals surface area (Å²) in [7, 11) is 0. The van der Waals surface area contributed by atoms with Crippen LogP contribution in [0.2, 0.25) is 0 Å². The number of nitriles is 1. The van der Waals surface area contributed by atoms with Gasteiger partial charge in [-0.15, -0.1) is 0 Å².